The Bertz CT molecular complexity index is 595. The fourth-order valence-corrected chi connectivity index (χ4v) is 2.99. The molecule has 0 saturated carbocycles. The molecule has 1 aromatic carbocycles. The summed E-state index contributed by atoms with van der Waals surface area (Å²) < 4.78 is 10.5. The van der Waals surface area contributed by atoms with Crippen molar-refractivity contribution in [2.75, 3.05) is 6.54 Å². The molecule has 6 heteroatoms. The van der Waals surface area contributed by atoms with Gasteiger partial charge >= 0.3 is 12.2 Å². The van der Waals surface area contributed by atoms with Gasteiger partial charge in [0.25, 0.3) is 0 Å². The van der Waals surface area contributed by atoms with E-state index in [0.717, 1.165) is 5.56 Å². The second kappa shape index (κ2) is 6.91. The van der Waals surface area contributed by atoms with E-state index in [0.29, 0.717) is 13.0 Å². The summed E-state index contributed by atoms with van der Waals surface area (Å²) in [5, 5.41) is 9.72. The molecule has 0 aliphatic carbocycles. The molecule has 2 unspecified atom stereocenters. The molecule has 3 atom stereocenters. The minimum absolute atomic E-state index is 0.0816. The molecular weight excluding hydrogens is 310 g/mol. The van der Waals surface area contributed by atoms with Gasteiger partial charge < -0.3 is 14.6 Å². The van der Waals surface area contributed by atoms with E-state index in [-0.39, 0.29) is 12.6 Å². The number of carboxylic acid groups (broad SMARTS) is 1. The second-order valence-electron chi connectivity index (χ2n) is 7.32. The third-order valence-corrected chi connectivity index (χ3v) is 4.24. The number of imide groups is 1. The van der Waals surface area contributed by atoms with Gasteiger partial charge in [0, 0.05) is 6.42 Å². The molecule has 0 aromatic heterocycles. The number of hydrogen-bond donors (Lipinski definition) is 1. The van der Waals surface area contributed by atoms with Crippen molar-refractivity contribution in [1.29, 1.82) is 0 Å². The van der Waals surface area contributed by atoms with Crippen LogP contribution in [0.2, 0.25) is 0 Å². The first-order chi connectivity index (χ1) is 11.1. The van der Waals surface area contributed by atoms with E-state index in [2.05, 4.69) is 0 Å². The second-order valence-corrected chi connectivity index (χ2v) is 7.32. The van der Waals surface area contributed by atoms with Gasteiger partial charge in [-0.3, -0.25) is 0 Å². The predicted octanol–water partition coefficient (Wildman–Crippen LogP) is 3.79. The van der Waals surface area contributed by atoms with Crippen molar-refractivity contribution in [3.63, 3.8) is 0 Å². The van der Waals surface area contributed by atoms with Crippen LogP contribution in [-0.4, -0.2) is 46.1 Å². The van der Waals surface area contributed by atoms with Crippen LogP contribution >= 0.6 is 0 Å². The SMILES string of the molecule is C[C@@H]1CC(OCc2ccccc2)C[N+]1(C(=O)O)C(=O)OC(C)(C)C. The Morgan fingerprint density at radius 2 is 1.88 bits per heavy atom. The van der Waals surface area contributed by atoms with Crippen LogP contribution < -0.4 is 0 Å². The maximum atomic E-state index is 12.6. The number of amides is 2. The molecule has 1 heterocycles. The maximum absolute atomic E-state index is 12.6. The van der Waals surface area contributed by atoms with Crippen molar-refractivity contribution in [3.8, 4) is 0 Å². The average Bonchev–Trinajstić information content (AvgIpc) is 2.82. The quantitative estimate of drug-likeness (QED) is 0.850. The van der Waals surface area contributed by atoms with Crippen LogP contribution in [0.15, 0.2) is 30.3 Å². The summed E-state index contributed by atoms with van der Waals surface area (Å²) >= 11 is 0. The van der Waals surface area contributed by atoms with E-state index in [1.165, 1.54) is 0 Å². The summed E-state index contributed by atoms with van der Waals surface area (Å²) in [5.74, 6) is 0. The molecule has 2 amide bonds. The van der Waals surface area contributed by atoms with Crippen LogP contribution in [0.3, 0.4) is 0 Å². The minimum Gasteiger partial charge on any atom is -0.435 e. The van der Waals surface area contributed by atoms with Crippen molar-refractivity contribution in [3.05, 3.63) is 35.9 Å². The normalized spacial score (nSPS) is 27.0. The Labute approximate surface area is 142 Å². The number of carbonyl (C=O) groups excluding carboxylic acids is 1. The number of hydrogen-bond acceptors (Lipinski definition) is 4. The highest BCUT2D eigenvalue weighted by molar-refractivity contribution is 5.76. The van der Waals surface area contributed by atoms with E-state index in [1.807, 2.05) is 30.3 Å². The molecule has 24 heavy (non-hydrogen) atoms. The summed E-state index contributed by atoms with van der Waals surface area (Å²) in [6.45, 7) is 7.42. The number of ether oxygens (including phenoxy) is 2. The van der Waals surface area contributed by atoms with Crippen molar-refractivity contribution in [1.82, 2.24) is 0 Å². The third-order valence-electron chi connectivity index (χ3n) is 4.24. The van der Waals surface area contributed by atoms with Gasteiger partial charge in [-0.2, -0.15) is 9.59 Å². The number of carbonyl (C=O) groups is 2. The Kier molecular flexibility index (Phi) is 5.30. The summed E-state index contributed by atoms with van der Waals surface area (Å²) in [6, 6.07) is 9.27. The fraction of sp³-hybridized carbons (Fsp3) is 0.556. The summed E-state index contributed by atoms with van der Waals surface area (Å²) in [7, 11) is 0. The molecule has 1 fully saturated rings. The standard InChI is InChI=1S/C18H25NO5/c1-13-10-15(23-12-14-8-6-5-7-9-14)11-19(13,16(20)21)17(22)24-18(2,3)4/h5-9,13,15H,10-12H2,1-4H3/p+1/t13-,15?,19?/m1/s1. The van der Waals surface area contributed by atoms with Crippen LogP contribution in [0, 0.1) is 0 Å². The topological polar surface area (TPSA) is 72.8 Å². The van der Waals surface area contributed by atoms with E-state index < -0.39 is 28.3 Å². The summed E-state index contributed by atoms with van der Waals surface area (Å²) in [6.07, 6.45) is -1.72. The average molecular weight is 336 g/mol. The van der Waals surface area contributed by atoms with Gasteiger partial charge in [0.15, 0.2) is 0 Å². The van der Waals surface area contributed by atoms with Crippen molar-refractivity contribution in [2.45, 2.75) is 58.5 Å². The van der Waals surface area contributed by atoms with Gasteiger partial charge in [-0.1, -0.05) is 30.3 Å². The van der Waals surface area contributed by atoms with Gasteiger partial charge in [-0.25, -0.2) is 0 Å². The molecular formula is C18H26NO5+. The van der Waals surface area contributed by atoms with Crippen LogP contribution in [0.4, 0.5) is 9.59 Å². The van der Waals surface area contributed by atoms with Crippen LogP contribution in [0.1, 0.15) is 39.7 Å². The molecule has 2 rings (SSSR count). The van der Waals surface area contributed by atoms with Gasteiger partial charge in [-0.15, -0.1) is 4.48 Å². The molecule has 1 aliphatic heterocycles. The first kappa shape index (κ1) is 18.4. The zero-order chi connectivity index (χ0) is 18.0. The number of nitrogens with zero attached hydrogens (tertiary/aromatic N) is 1. The molecule has 0 bridgehead atoms. The van der Waals surface area contributed by atoms with Gasteiger partial charge in [0.2, 0.25) is 0 Å². The lowest BCUT2D eigenvalue weighted by Crippen LogP contribution is -2.60. The minimum atomic E-state index is -1.19. The molecule has 6 nitrogen and oxygen atoms in total. The summed E-state index contributed by atoms with van der Waals surface area (Å²) in [5.41, 5.74) is 0.281. The highest BCUT2D eigenvalue weighted by Crippen LogP contribution is 2.32. The smallest absolute Gasteiger partial charge is 0.435 e. The van der Waals surface area contributed by atoms with E-state index in [9.17, 15) is 14.7 Å². The molecule has 0 spiro atoms. The number of quaternary nitrogens is 1. The zero-order valence-electron chi connectivity index (χ0n) is 14.7. The first-order valence-corrected chi connectivity index (χ1v) is 8.15. The molecule has 132 valence electrons. The van der Waals surface area contributed by atoms with Crippen molar-refractivity contribution < 1.29 is 28.7 Å². The molecule has 1 saturated heterocycles. The highest BCUT2D eigenvalue weighted by atomic mass is 16.6. The fourth-order valence-electron chi connectivity index (χ4n) is 2.99. The van der Waals surface area contributed by atoms with Crippen LogP contribution in [-0.2, 0) is 16.1 Å². The van der Waals surface area contributed by atoms with E-state index >= 15 is 0 Å². The Hall–Kier alpha value is -1.92. The number of likely N-dealkylation sites (tertiary alicyclic amines) is 1. The zero-order valence-corrected chi connectivity index (χ0v) is 14.7. The summed E-state index contributed by atoms with van der Waals surface area (Å²) in [4.78, 5) is 24.5. The van der Waals surface area contributed by atoms with Crippen molar-refractivity contribution in [2.24, 2.45) is 0 Å². The number of benzene rings is 1. The molecule has 0 radical (unpaired) electrons. The van der Waals surface area contributed by atoms with Gasteiger partial charge in [0.05, 0.1) is 6.61 Å². The highest BCUT2D eigenvalue weighted by Gasteiger charge is 2.59. The lowest BCUT2D eigenvalue weighted by molar-refractivity contribution is -0.798. The Morgan fingerprint density at radius 3 is 2.42 bits per heavy atom. The van der Waals surface area contributed by atoms with E-state index in [4.69, 9.17) is 9.47 Å². The van der Waals surface area contributed by atoms with E-state index in [1.54, 1.807) is 27.7 Å². The lowest BCUT2D eigenvalue weighted by Gasteiger charge is -2.31. The number of rotatable bonds is 3. The molecule has 1 aliphatic rings. The van der Waals surface area contributed by atoms with Gasteiger partial charge in [0.1, 0.15) is 24.3 Å². The Morgan fingerprint density at radius 1 is 1.25 bits per heavy atom. The largest absolute Gasteiger partial charge is 0.527 e. The lowest BCUT2D eigenvalue weighted by atomic mass is 10.2. The van der Waals surface area contributed by atoms with Crippen LogP contribution in [0.5, 0.6) is 0 Å². The monoisotopic (exact) mass is 336 g/mol. The predicted molar refractivity (Wildman–Crippen MR) is 88.5 cm³/mol. The Balaban J connectivity index is 2.10. The molecule has 1 N–H and O–H groups in total. The maximum Gasteiger partial charge on any atom is 0.527 e. The van der Waals surface area contributed by atoms with Gasteiger partial charge in [-0.05, 0) is 33.3 Å². The third kappa shape index (κ3) is 3.94. The van der Waals surface area contributed by atoms with Crippen LogP contribution in [0.25, 0.3) is 0 Å². The molecule has 1 aromatic rings. The first-order valence-electron chi connectivity index (χ1n) is 8.15. The van der Waals surface area contributed by atoms with Crippen molar-refractivity contribution >= 4 is 12.2 Å².